The molecule has 0 saturated heterocycles. The monoisotopic (exact) mass is 331 g/mol. The average molecular weight is 332 g/mol. The molecule has 0 spiro atoms. The van der Waals surface area contributed by atoms with Crippen molar-refractivity contribution in [2.45, 2.75) is 53.9 Å². The highest BCUT2D eigenvalue weighted by atomic mass is 15.3. The highest BCUT2D eigenvalue weighted by Crippen LogP contribution is 2.43. The molecule has 0 aliphatic heterocycles. The van der Waals surface area contributed by atoms with Crippen LogP contribution in [0.3, 0.4) is 0 Å². The minimum Gasteiger partial charge on any atom is -0.349 e. The van der Waals surface area contributed by atoms with Crippen LogP contribution >= 0.6 is 0 Å². The van der Waals surface area contributed by atoms with Crippen LogP contribution in [-0.4, -0.2) is 44.0 Å². The Hall–Kier alpha value is -1.51. The maximum Gasteiger partial charge on any atom is 0.200 e. The Morgan fingerprint density at radius 3 is 1.67 bits per heavy atom. The lowest BCUT2D eigenvalue weighted by atomic mass is 9.69. The van der Waals surface area contributed by atoms with Gasteiger partial charge in [0.15, 0.2) is 0 Å². The summed E-state index contributed by atoms with van der Waals surface area (Å²) in [6.45, 7) is 14.0. The minimum atomic E-state index is 0.247. The summed E-state index contributed by atoms with van der Waals surface area (Å²) >= 11 is 0. The van der Waals surface area contributed by atoms with Gasteiger partial charge < -0.3 is 9.80 Å². The largest absolute Gasteiger partial charge is 0.349 e. The normalized spacial score (nSPS) is 13.4. The third-order valence-electron chi connectivity index (χ3n) is 4.19. The summed E-state index contributed by atoms with van der Waals surface area (Å²) in [5.41, 5.74) is 2.97. The van der Waals surface area contributed by atoms with Crippen LogP contribution < -0.4 is 0 Å². The Morgan fingerprint density at radius 2 is 1.33 bits per heavy atom. The molecular formula is C21H37N3. The smallest absolute Gasteiger partial charge is 0.200 e. The molecule has 1 unspecified atom stereocenters. The molecule has 0 radical (unpaired) electrons. The summed E-state index contributed by atoms with van der Waals surface area (Å²) in [4.78, 5) is 8.83. The van der Waals surface area contributed by atoms with Gasteiger partial charge in [-0.2, -0.15) is 0 Å². The number of nitrogens with zero attached hydrogens (tertiary/aromatic N) is 3. The van der Waals surface area contributed by atoms with Crippen LogP contribution in [0.4, 0.5) is 5.69 Å². The Morgan fingerprint density at radius 1 is 0.875 bits per heavy atom. The number of hydrogen-bond donors (Lipinski definition) is 0. The van der Waals surface area contributed by atoms with Crippen LogP contribution in [-0.2, 0) is 0 Å². The van der Waals surface area contributed by atoms with Gasteiger partial charge in [-0.3, -0.25) is 0 Å². The predicted molar refractivity (Wildman–Crippen MR) is 107 cm³/mol. The molecule has 0 aliphatic carbocycles. The number of benzene rings is 1. The van der Waals surface area contributed by atoms with E-state index in [2.05, 4.69) is 65.8 Å². The van der Waals surface area contributed by atoms with Gasteiger partial charge in [-0.25, -0.2) is 4.99 Å². The Balaban J connectivity index is 3.13. The third kappa shape index (κ3) is 6.18. The molecule has 3 heteroatoms. The van der Waals surface area contributed by atoms with Crippen LogP contribution in [0, 0.1) is 10.8 Å². The first-order valence-electron chi connectivity index (χ1n) is 8.84. The van der Waals surface area contributed by atoms with Crippen molar-refractivity contribution >= 4 is 11.6 Å². The van der Waals surface area contributed by atoms with E-state index in [1.807, 2.05) is 38.0 Å². The number of guanidine groups is 1. The van der Waals surface area contributed by atoms with E-state index in [0.29, 0.717) is 11.3 Å². The van der Waals surface area contributed by atoms with Gasteiger partial charge in [0, 0.05) is 28.2 Å². The van der Waals surface area contributed by atoms with Crippen molar-refractivity contribution in [2.75, 3.05) is 28.2 Å². The fourth-order valence-electron chi connectivity index (χ4n) is 3.03. The van der Waals surface area contributed by atoms with Crippen LogP contribution in [0.15, 0.2) is 29.3 Å². The summed E-state index contributed by atoms with van der Waals surface area (Å²) in [6, 6.07) is 8.79. The van der Waals surface area contributed by atoms with E-state index >= 15 is 0 Å². The second-order valence-electron chi connectivity index (χ2n) is 9.48. The summed E-state index contributed by atoms with van der Waals surface area (Å²) in [5, 5.41) is 0. The minimum absolute atomic E-state index is 0.247. The zero-order valence-electron chi connectivity index (χ0n) is 17.4. The molecule has 3 nitrogen and oxygen atoms in total. The van der Waals surface area contributed by atoms with E-state index in [-0.39, 0.29) is 5.41 Å². The van der Waals surface area contributed by atoms with Gasteiger partial charge in [0.05, 0.1) is 5.69 Å². The van der Waals surface area contributed by atoms with E-state index in [1.165, 1.54) is 12.0 Å². The third-order valence-corrected chi connectivity index (χ3v) is 4.19. The van der Waals surface area contributed by atoms with Crippen molar-refractivity contribution in [3.8, 4) is 0 Å². The molecule has 24 heavy (non-hydrogen) atoms. The first-order chi connectivity index (χ1) is 10.8. The molecule has 0 fully saturated rings. The predicted octanol–water partition coefficient (Wildman–Crippen LogP) is 5.36. The van der Waals surface area contributed by atoms with Gasteiger partial charge in [-0.05, 0) is 40.9 Å². The molecule has 136 valence electrons. The molecule has 1 atom stereocenters. The lowest BCUT2D eigenvalue weighted by Crippen LogP contribution is -2.35. The molecule has 0 amide bonds. The first kappa shape index (κ1) is 20.5. The van der Waals surface area contributed by atoms with E-state index < -0.39 is 0 Å². The first-order valence-corrected chi connectivity index (χ1v) is 8.84. The summed E-state index contributed by atoms with van der Waals surface area (Å²) in [7, 11) is 8.08. The van der Waals surface area contributed by atoms with E-state index in [9.17, 15) is 0 Å². The highest BCUT2D eigenvalue weighted by Gasteiger charge is 2.30. The molecule has 0 heterocycles. The Labute approximate surface area is 149 Å². The number of hydrogen-bond acceptors (Lipinski definition) is 1. The fraction of sp³-hybridized carbons (Fsp3) is 0.667. The molecular weight excluding hydrogens is 294 g/mol. The molecule has 1 rings (SSSR count). The summed E-state index contributed by atoms with van der Waals surface area (Å²) in [6.07, 6.45) is 1.18. The van der Waals surface area contributed by atoms with Crippen molar-refractivity contribution in [3.05, 3.63) is 29.8 Å². The van der Waals surface area contributed by atoms with Crippen LogP contribution in [0.2, 0.25) is 0 Å². The fourth-order valence-corrected chi connectivity index (χ4v) is 3.03. The molecule has 0 N–H and O–H groups in total. The lowest BCUT2D eigenvalue weighted by Gasteiger charge is -2.36. The van der Waals surface area contributed by atoms with Crippen LogP contribution in [0.25, 0.3) is 0 Å². The number of rotatable bonds is 3. The maximum atomic E-state index is 4.76. The van der Waals surface area contributed by atoms with Crippen LogP contribution in [0.1, 0.15) is 59.4 Å². The van der Waals surface area contributed by atoms with E-state index in [1.54, 1.807) is 0 Å². The zero-order chi connectivity index (χ0) is 18.7. The zero-order valence-corrected chi connectivity index (χ0v) is 17.4. The molecule has 0 bridgehead atoms. The number of aliphatic imine (C=N–C) groups is 1. The average Bonchev–Trinajstić information content (AvgIpc) is 2.40. The van der Waals surface area contributed by atoms with E-state index in [0.717, 1.165) is 11.6 Å². The maximum absolute atomic E-state index is 4.76. The molecule has 1 aromatic carbocycles. The van der Waals surface area contributed by atoms with Gasteiger partial charge in [0.2, 0.25) is 5.96 Å². The summed E-state index contributed by atoms with van der Waals surface area (Å²) in [5.74, 6) is 1.49. The Bertz CT molecular complexity index is 530. The highest BCUT2D eigenvalue weighted by molar-refractivity contribution is 5.82. The Kier molecular flexibility index (Phi) is 6.49. The second kappa shape index (κ2) is 7.58. The quantitative estimate of drug-likeness (QED) is 0.548. The molecule has 0 aliphatic rings. The van der Waals surface area contributed by atoms with Gasteiger partial charge >= 0.3 is 0 Å². The topological polar surface area (TPSA) is 18.8 Å². The van der Waals surface area contributed by atoms with Gasteiger partial charge in [-0.1, -0.05) is 53.7 Å². The van der Waals surface area contributed by atoms with E-state index in [4.69, 9.17) is 4.99 Å². The second-order valence-corrected chi connectivity index (χ2v) is 9.48. The lowest BCUT2D eigenvalue weighted by molar-refractivity contribution is 0.229. The van der Waals surface area contributed by atoms with Gasteiger partial charge in [0.25, 0.3) is 0 Å². The summed E-state index contributed by atoms with van der Waals surface area (Å²) < 4.78 is 0. The van der Waals surface area contributed by atoms with Crippen molar-refractivity contribution in [2.24, 2.45) is 15.8 Å². The van der Waals surface area contributed by atoms with Crippen molar-refractivity contribution < 1.29 is 0 Å². The van der Waals surface area contributed by atoms with Gasteiger partial charge in [-0.15, -0.1) is 0 Å². The standard InChI is InChI=1S/C21H37N3/c1-20(2,3)15-18(21(4,5)6)16-11-13-17(14-12-16)22-19(23(7)8)24(9)10/h11-14,18H,15H2,1-10H3. The molecule has 1 aromatic rings. The van der Waals surface area contributed by atoms with Crippen molar-refractivity contribution in [1.82, 2.24) is 9.80 Å². The van der Waals surface area contributed by atoms with Crippen LogP contribution in [0.5, 0.6) is 0 Å². The molecule has 0 aromatic heterocycles. The van der Waals surface area contributed by atoms with Crippen molar-refractivity contribution in [3.63, 3.8) is 0 Å². The SMILES string of the molecule is CN(C)C(=Nc1ccc(C(CC(C)(C)C)C(C)(C)C)cc1)N(C)C. The van der Waals surface area contributed by atoms with Crippen molar-refractivity contribution in [1.29, 1.82) is 0 Å². The molecule has 0 saturated carbocycles. The van der Waals surface area contributed by atoms with Gasteiger partial charge in [0.1, 0.15) is 0 Å².